The molecule has 1 unspecified atom stereocenters. The van der Waals surface area contributed by atoms with Crippen molar-refractivity contribution in [2.24, 2.45) is 5.92 Å². The average Bonchev–Trinajstić information content (AvgIpc) is 2.81. The van der Waals surface area contributed by atoms with Crippen molar-refractivity contribution in [1.82, 2.24) is 5.32 Å². The van der Waals surface area contributed by atoms with Gasteiger partial charge in [0.1, 0.15) is 11.5 Å². The number of hydrogen-bond acceptors (Lipinski definition) is 2. The molecule has 0 amide bonds. The molecule has 0 spiro atoms. The van der Waals surface area contributed by atoms with Gasteiger partial charge in [-0.05, 0) is 37.9 Å². The summed E-state index contributed by atoms with van der Waals surface area (Å²) >= 11 is 0. The van der Waals surface area contributed by atoms with E-state index in [1.165, 1.54) is 44.9 Å². The van der Waals surface area contributed by atoms with Gasteiger partial charge in [-0.3, -0.25) is 0 Å². The molecule has 0 aromatic carbocycles. The maximum absolute atomic E-state index is 5.95. The minimum Gasteiger partial charge on any atom is -0.464 e. The number of hydrogen-bond donors (Lipinski definition) is 1. The van der Waals surface area contributed by atoms with Gasteiger partial charge in [0.15, 0.2) is 0 Å². The minimum absolute atomic E-state index is 0.406. The predicted molar refractivity (Wildman–Crippen MR) is 75.7 cm³/mol. The van der Waals surface area contributed by atoms with E-state index in [1.807, 2.05) is 0 Å². The van der Waals surface area contributed by atoms with Crippen LogP contribution < -0.4 is 5.32 Å². The van der Waals surface area contributed by atoms with Gasteiger partial charge in [0.25, 0.3) is 0 Å². The first-order valence-electron chi connectivity index (χ1n) is 7.61. The Morgan fingerprint density at radius 1 is 1.17 bits per heavy atom. The van der Waals surface area contributed by atoms with Crippen LogP contribution in [0.2, 0.25) is 0 Å². The van der Waals surface area contributed by atoms with Gasteiger partial charge in [0.2, 0.25) is 0 Å². The number of nitrogens with one attached hydrogen (secondary N) is 1. The van der Waals surface area contributed by atoms with E-state index in [0.717, 1.165) is 23.9 Å². The minimum atomic E-state index is 0.406. The molecule has 102 valence electrons. The van der Waals surface area contributed by atoms with Gasteiger partial charge in [-0.15, -0.1) is 0 Å². The molecule has 1 aromatic rings. The average molecular weight is 249 g/mol. The molecule has 2 heteroatoms. The van der Waals surface area contributed by atoms with Crippen LogP contribution in [0, 0.1) is 5.92 Å². The monoisotopic (exact) mass is 249 g/mol. The van der Waals surface area contributed by atoms with Crippen molar-refractivity contribution in [3.05, 3.63) is 23.7 Å². The zero-order chi connectivity index (χ0) is 12.8. The topological polar surface area (TPSA) is 25.2 Å². The maximum atomic E-state index is 5.95. The summed E-state index contributed by atoms with van der Waals surface area (Å²) in [5.41, 5.74) is 0. The summed E-state index contributed by atoms with van der Waals surface area (Å²) in [4.78, 5) is 0. The van der Waals surface area contributed by atoms with Crippen molar-refractivity contribution in [2.45, 2.75) is 64.3 Å². The third-order valence-corrected chi connectivity index (χ3v) is 4.27. The molecule has 1 fully saturated rings. The molecule has 0 bridgehead atoms. The van der Waals surface area contributed by atoms with E-state index in [2.05, 4.69) is 31.4 Å². The Bertz CT molecular complexity index is 337. The van der Waals surface area contributed by atoms with E-state index in [-0.39, 0.29) is 0 Å². The van der Waals surface area contributed by atoms with Crippen LogP contribution >= 0.6 is 0 Å². The summed E-state index contributed by atoms with van der Waals surface area (Å²) in [6.45, 7) is 2.15. The van der Waals surface area contributed by atoms with Crippen molar-refractivity contribution >= 4 is 0 Å². The lowest BCUT2D eigenvalue weighted by atomic mass is 9.85. The second-order valence-corrected chi connectivity index (χ2v) is 5.53. The standard InChI is InChI=1S/C16H27NO/c1-3-14-11-12-15(18-14)16(17-2)13-9-7-5-4-6-8-10-13/h11-13,16-17H,3-10H2,1-2H3. The van der Waals surface area contributed by atoms with Crippen molar-refractivity contribution < 1.29 is 4.42 Å². The first-order valence-corrected chi connectivity index (χ1v) is 7.61. The van der Waals surface area contributed by atoms with E-state index in [4.69, 9.17) is 4.42 Å². The quantitative estimate of drug-likeness (QED) is 0.852. The fourth-order valence-corrected chi connectivity index (χ4v) is 3.18. The summed E-state index contributed by atoms with van der Waals surface area (Å²) in [6, 6.07) is 4.70. The summed E-state index contributed by atoms with van der Waals surface area (Å²) in [5.74, 6) is 2.99. The van der Waals surface area contributed by atoms with Crippen molar-refractivity contribution in [3.8, 4) is 0 Å². The molecule has 1 aliphatic rings. The van der Waals surface area contributed by atoms with Crippen LogP contribution in [0.4, 0.5) is 0 Å². The molecule has 0 saturated heterocycles. The van der Waals surface area contributed by atoms with E-state index in [9.17, 15) is 0 Å². The molecule has 2 nitrogen and oxygen atoms in total. The molecule has 18 heavy (non-hydrogen) atoms. The molecular formula is C16H27NO. The van der Waals surface area contributed by atoms with Crippen LogP contribution in [-0.2, 0) is 6.42 Å². The fourth-order valence-electron chi connectivity index (χ4n) is 3.18. The molecule has 1 aromatic heterocycles. The normalized spacial score (nSPS) is 20.3. The highest BCUT2D eigenvalue weighted by atomic mass is 16.3. The third kappa shape index (κ3) is 3.38. The zero-order valence-electron chi connectivity index (χ0n) is 11.9. The Hall–Kier alpha value is -0.760. The molecule has 0 aliphatic heterocycles. The van der Waals surface area contributed by atoms with Crippen molar-refractivity contribution in [1.29, 1.82) is 0 Å². The van der Waals surface area contributed by atoms with E-state index < -0.39 is 0 Å². The Morgan fingerprint density at radius 2 is 1.83 bits per heavy atom. The van der Waals surface area contributed by atoms with Crippen LogP contribution in [0.25, 0.3) is 0 Å². The van der Waals surface area contributed by atoms with Gasteiger partial charge in [-0.1, -0.05) is 39.0 Å². The molecule has 1 heterocycles. The summed E-state index contributed by atoms with van der Waals surface area (Å²) in [5, 5.41) is 3.48. The van der Waals surface area contributed by atoms with E-state index >= 15 is 0 Å². The number of aryl methyl sites for hydroxylation is 1. The third-order valence-electron chi connectivity index (χ3n) is 4.27. The predicted octanol–water partition coefficient (Wildman–Crippen LogP) is 4.46. The molecule has 2 rings (SSSR count). The van der Waals surface area contributed by atoms with Crippen LogP contribution in [0.3, 0.4) is 0 Å². The highest BCUT2D eigenvalue weighted by molar-refractivity contribution is 5.11. The SMILES string of the molecule is CCc1ccc(C(NC)C2CCCCCCC2)o1. The van der Waals surface area contributed by atoms with E-state index in [1.54, 1.807) is 0 Å². The lowest BCUT2D eigenvalue weighted by Gasteiger charge is -2.27. The van der Waals surface area contributed by atoms with Crippen LogP contribution in [0.1, 0.15) is 69.4 Å². The zero-order valence-corrected chi connectivity index (χ0v) is 11.9. The Morgan fingerprint density at radius 3 is 2.39 bits per heavy atom. The summed E-state index contributed by atoms with van der Waals surface area (Å²) < 4.78 is 5.95. The number of rotatable bonds is 4. The Kier molecular flexibility index (Phi) is 5.30. The second-order valence-electron chi connectivity index (χ2n) is 5.53. The van der Waals surface area contributed by atoms with Gasteiger partial charge in [0, 0.05) is 6.42 Å². The van der Waals surface area contributed by atoms with Crippen LogP contribution in [0.15, 0.2) is 16.5 Å². The molecule has 0 radical (unpaired) electrons. The van der Waals surface area contributed by atoms with Gasteiger partial charge in [0.05, 0.1) is 6.04 Å². The molecule has 1 N–H and O–H groups in total. The van der Waals surface area contributed by atoms with Crippen molar-refractivity contribution in [2.75, 3.05) is 7.05 Å². The Balaban J connectivity index is 2.05. The molecule has 1 atom stereocenters. The summed E-state index contributed by atoms with van der Waals surface area (Å²) in [6.07, 6.45) is 10.7. The first-order chi connectivity index (χ1) is 8.85. The molecular weight excluding hydrogens is 222 g/mol. The summed E-state index contributed by atoms with van der Waals surface area (Å²) in [7, 11) is 2.07. The smallest absolute Gasteiger partial charge is 0.121 e. The molecule has 1 saturated carbocycles. The van der Waals surface area contributed by atoms with E-state index in [0.29, 0.717) is 6.04 Å². The highest BCUT2D eigenvalue weighted by Crippen LogP contribution is 2.33. The lowest BCUT2D eigenvalue weighted by molar-refractivity contribution is 0.265. The van der Waals surface area contributed by atoms with Gasteiger partial charge >= 0.3 is 0 Å². The molecule has 1 aliphatic carbocycles. The largest absolute Gasteiger partial charge is 0.464 e. The second kappa shape index (κ2) is 6.98. The Labute approximate surface area is 111 Å². The maximum Gasteiger partial charge on any atom is 0.121 e. The first kappa shape index (κ1) is 13.7. The highest BCUT2D eigenvalue weighted by Gasteiger charge is 2.24. The number of furan rings is 1. The van der Waals surface area contributed by atoms with Gasteiger partial charge < -0.3 is 9.73 Å². The fraction of sp³-hybridized carbons (Fsp3) is 0.750. The van der Waals surface area contributed by atoms with Crippen LogP contribution in [-0.4, -0.2) is 7.05 Å². The van der Waals surface area contributed by atoms with Crippen molar-refractivity contribution in [3.63, 3.8) is 0 Å². The lowest BCUT2D eigenvalue weighted by Crippen LogP contribution is -2.25. The van der Waals surface area contributed by atoms with Crippen LogP contribution in [0.5, 0.6) is 0 Å². The van der Waals surface area contributed by atoms with Gasteiger partial charge in [-0.2, -0.15) is 0 Å². The van der Waals surface area contributed by atoms with Gasteiger partial charge in [-0.25, -0.2) is 0 Å².